The van der Waals surface area contributed by atoms with Gasteiger partial charge in [-0.25, -0.2) is 4.79 Å². The average Bonchev–Trinajstić information content (AvgIpc) is 2.93. The van der Waals surface area contributed by atoms with Crippen molar-refractivity contribution in [3.63, 3.8) is 0 Å². The van der Waals surface area contributed by atoms with Crippen LogP contribution in [0.15, 0.2) is 30.3 Å². The van der Waals surface area contributed by atoms with E-state index < -0.39 is 5.97 Å². The molecule has 3 aromatic rings. The highest BCUT2D eigenvalue weighted by atomic mass is 32.1. The minimum absolute atomic E-state index is 0.203. The van der Waals surface area contributed by atoms with E-state index in [0.29, 0.717) is 4.88 Å². The van der Waals surface area contributed by atoms with Gasteiger partial charge in [0.1, 0.15) is 10.9 Å². The van der Waals surface area contributed by atoms with E-state index in [-0.39, 0.29) is 6.61 Å². The topological polar surface area (TPSA) is 50.1 Å². The molecule has 3 rings (SSSR count). The van der Waals surface area contributed by atoms with E-state index in [1.807, 2.05) is 18.2 Å². The highest BCUT2D eigenvalue weighted by Crippen LogP contribution is 2.39. The quantitative estimate of drug-likeness (QED) is 0.667. The van der Waals surface area contributed by atoms with Crippen LogP contribution in [0.5, 0.6) is 0 Å². The minimum atomic E-state index is -0.422. The Morgan fingerprint density at radius 1 is 1.28 bits per heavy atom. The first-order valence-electron chi connectivity index (χ1n) is 5.25. The van der Waals surface area contributed by atoms with Crippen molar-refractivity contribution < 1.29 is 9.53 Å². The van der Waals surface area contributed by atoms with Gasteiger partial charge in [-0.2, -0.15) is 5.26 Å². The summed E-state index contributed by atoms with van der Waals surface area (Å²) in [6, 6.07) is 11.7. The molecule has 88 valence electrons. The lowest BCUT2D eigenvalue weighted by atomic mass is 10.2. The highest BCUT2D eigenvalue weighted by molar-refractivity contribution is 7.33. The molecule has 3 nitrogen and oxygen atoms in total. The second kappa shape index (κ2) is 4.41. The van der Waals surface area contributed by atoms with Crippen molar-refractivity contribution in [2.45, 2.75) is 0 Å². The fourth-order valence-electron chi connectivity index (χ4n) is 1.77. The number of rotatable bonds is 2. The van der Waals surface area contributed by atoms with Gasteiger partial charge in [-0.05, 0) is 12.1 Å². The lowest BCUT2D eigenvalue weighted by Gasteiger charge is -1.95. The molecule has 0 unspecified atom stereocenters. The van der Waals surface area contributed by atoms with E-state index in [4.69, 9.17) is 10.00 Å². The van der Waals surface area contributed by atoms with Crippen molar-refractivity contribution in [3.8, 4) is 6.07 Å². The van der Waals surface area contributed by atoms with Crippen molar-refractivity contribution in [1.29, 1.82) is 5.26 Å². The van der Waals surface area contributed by atoms with E-state index in [1.165, 1.54) is 21.4 Å². The van der Waals surface area contributed by atoms with Crippen LogP contribution in [0, 0.1) is 11.3 Å². The Morgan fingerprint density at radius 2 is 2.11 bits per heavy atom. The fraction of sp³-hybridized carbons (Fsp3) is 0.0769. The number of ether oxygens (including phenoxy) is 1. The molecule has 0 radical (unpaired) electrons. The summed E-state index contributed by atoms with van der Waals surface area (Å²) < 4.78 is 8.22. The number of nitrogens with zero attached hydrogens (tertiary/aromatic N) is 1. The van der Waals surface area contributed by atoms with Crippen molar-refractivity contribution in [2.24, 2.45) is 0 Å². The van der Waals surface area contributed by atoms with E-state index in [0.717, 1.165) is 9.40 Å². The number of carbonyl (C=O) groups excluding carboxylic acids is 1. The molecule has 2 aromatic heterocycles. The summed E-state index contributed by atoms with van der Waals surface area (Å²) in [7, 11) is 0. The first-order valence-corrected chi connectivity index (χ1v) is 6.88. The van der Waals surface area contributed by atoms with Gasteiger partial charge in [0, 0.05) is 14.8 Å². The monoisotopic (exact) mass is 273 g/mol. The molecule has 0 fully saturated rings. The molecule has 0 aliphatic heterocycles. The normalized spacial score (nSPS) is 10.6. The van der Waals surface area contributed by atoms with Crippen molar-refractivity contribution in [3.05, 3.63) is 35.2 Å². The SMILES string of the molecule is N#CCOC(=O)c1cc2sc3ccccc3c2s1. The number of nitriles is 1. The average molecular weight is 273 g/mol. The van der Waals surface area contributed by atoms with Gasteiger partial charge in [-0.15, -0.1) is 22.7 Å². The zero-order valence-electron chi connectivity index (χ0n) is 9.17. The van der Waals surface area contributed by atoms with Gasteiger partial charge in [0.25, 0.3) is 0 Å². The van der Waals surface area contributed by atoms with Crippen LogP contribution in [0.1, 0.15) is 9.67 Å². The first-order chi connectivity index (χ1) is 8.79. The first kappa shape index (κ1) is 11.2. The van der Waals surface area contributed by atoms with Gasteiger partial charge in [-0.3, -0.25) is 0 Å². The Balaban J connectivity index is 2.07. The maximum atomic E-state index is 11.6. The van der Waals surface area contributed by atoms with Crippen LogP contribution in [0.25, 0.3) is 19.5 Å². The van der Waals surface area contributed by atoms with Gasteiger partial charge >= 0.3 is 5.97 Å². The number of fused-ring (bicyclic) bond motifs is 3. The Labute approximate surface area is 111 Å². The standard InChI is InChI=1S/C13H7NO2S2/c14-5-6-16-13(15)11-7-10-12(18-11)8-3-1-2-4-9(8)17-10/h1-4,7H,6H2. The number of benzene rings is 1. The van der Waals surface area contributed by atoms with Crippen LogP contribution >= 0.6 is 22.7 Å². The van der Waals surface area contributed by atoms with E-state index in [2.05, 4.69) is 12.1 Å². The third-order valence-corrected chi connectivity index (χ3v) is 4.91. The number of thiophene rings is 2. The molecule has 0 saturated heterocycles. The Bertz CT molecular complexity index is 779. The molecule has 5 heteroatoms. The molecule has 0 atom stereocenters. The summed E-state index contributed by atoms with van der Waals surface area (Å²) >= 11 is 3.08. The number of hydrogen-bond acceptors (Lipinski definition) is 5. The van der Waals surface area contributed by atoms with Crippen LogP contribution in [0.4, 0.5) is 0 Å². The smallest absolute Gasteiger partial charge is 0.349 e. The second-order valence-electron chi connectivity index (χ2n) is 3.64. The third-order valence-electron chi connectivity index (χ3n) is 2.52. The van der Waals surface area contributed by atoms with Crippen LogP contribution in [0.2, 0.25) is 0 Å². The molecular weight excluding hydrogens is 266 g/mol. The van der Waals surface area contributed by atoms with Crippen LogP contribution in [-0.2, 0) is 4.74 Å². The lowest BCUT2D eigenvalue weighted by molar-refractivity contribution is 0.0561. The van der Waals surface area contributed by atoms with Gasteiger partial charge in [0.2, 0.25) is 0 Å². The molecular formula is C13H7NO2S2. The number of carbonyl (C=O) groups is 1. The summed E-state index contributed by atoms with van der Waals surface area (Å²) in [4.78, 5) is 12.2. The Hall–Kier alpha value is -1.90. The van der Waals surface area contributed by atoms with E-state index in [1.54, 1.807) is 17.4 Å². The predicted octanol–water partition coefficient (Wildman–Crippen LogP) is 3.80. The van der Waals surface area contributed by atoms with Gasteiger partial charge in [0.05, 0.1) is 4.70 Å². The largest absolute Gasteiger partial charge is 0.446 e. The predicted molar refractivity (Wildman–Crippen MR) is 73.1 cm³/mol. The summed E-state index contributed by atoms with van der Waals surface area (Å²) in [5.74, 6) is -0.422. The Kier molecular flexibility index (Phi) is 2.74. The molecule has 0 bridgehead atoms. The van der Waals surface area contributed by atoms with Crippen molar-refractivity contribution >= 4 is 48.1 Å². The molecule has 0 aliphatic carbocycles. The molecule has 0 aliphatic rings. The maximum Gasteiger partial charge on any atom is 0.349 e. The molecule has 0 N–H and O–H groups in total. The summed E-state index contributed by atoms with van der Waals surface area (Å²) in [5.41, 5.74) is 0. The van der Waals surface area contributed by atoms with Crippen LogP contribution in [0.3, 0.4) is 0 Å². The van der Waals surface area contributed by atoms with Crippen LogP contribution in [-0.4, -0.2) is 12.6 Å². The molecule has 1 aromatic carbocycles. The molecule has 0 amide bonds. The Morgan fingerprint density at radius 3 is 2.94 bits per heavy atom. The van der Waals surface area contributed by atoms with Gasteiger partial charge in [0.15, 0.2) is 6.61 Å². The molecule has 2 heterocycles. The summed E-state index contributed by atoms with van der Waals surface area (Å²) in [5, 5.41) is 9.55. The van der Waals surface area contributed by atoms with Gasteiger partial charge in [-0.1, -0.05) is 18.2 Å². The highest BCUT2D eigenvalue weighted by Gasteiger charge is 2.14. The zero-order chi connectivity index (χ0) is 12.5. The summed E-state index contributed by atoms with van der Waals surface area (Å²) in [6.45, 7) is -0.203. The minimum Gasteiger partial charge on any atom is -0.446 e. The van der Waals surface area contributed by atoms with Crippen molar-refractivity contribution in [1.82, 2.24) is 0 Å². The van der Waals surface area contributed by atoms with Crippen LogP contribution < -0.4 is 0 Å². The van der Waals surface area contributed by atoms with Gasteiger partial charge < -0.3 is 4.74 Å². The van der Waals surface area contributed by atoms with E-state index >= 15 is 0 Å². The second-order valence-corrected chi connectivity index (χ2v) is 5.77. The maximum absolute atomic E-state index is 11.6. The zero-order valence-corrected chi connectivity index (χ0v) is 10.8. The fourth-order valence-corrected chi connectivity index (χ4v) is 4.19. The van der Waals surface area contributed by atoms with E-state index in [9.17, 15) is 4.79 Å². The molecule has 18 heavy (non-hydrogen) atoms. The number of esters is 1. The summed E-state index contributed by atoms with van der Waals surface area (Å²) in [6.07, 6.45) is 0. The lowest BCUT2D eigenvalue weighted by Crippen LogP contribution is -2.02. The third kappa shape index (κ3) is 1.76. The molecule has 0 spiro atoms. The molecule has 0 saturated carbocycles. The van der Waals surface area contributed by atoms with Crippen molar-refractivity contribution in [2.75, 3.05) is 6.61 Å². The number of hydrogen-bond donors (Lipinski definition) is 0.